The Bertz CT molecular complexity index is 385. The van der Waals surface area contributed by atoms with Gasteiger partial charge in [0, 0.05) is 4.47 Å². The maximum absolute atomic E-state index is 10.5. The van der Waals surface area contributed by atoms with Gasteiger partial charge in [0.15, 0.2) is 12.2 Å². The van der Waals surface area contributed by atoms with Crippen molar-refractivity contribution in [3.05, 3.63) is 19.7 Å². The summed E-state index contributed by atoms with van der Waals surface area (Å²) in [5, 5.41) is 19.7. The maximum Gasteiger partial charge on any atom is 0.338 e. The van der Waals surface area contributed by atoms with Crippen molar-refractivity contribution < 1.29 is 29.3 Å². The van der Waals surface area contributed by atoms with Gasteiger partial charge in [-0.3, -0.25) is 0 Å². The van der Waals surface area contributed by atoms with Crippen molar-refractivity contribution in [3.63, 3.8) is 0 Å². The van der Waals surface area contributed by atoms with E-state index in [1.807, 2.05) is 11.4 Å². The van der Waals surface area contributed by atoms with E-state index >= 15 is 0 Å². The average Bonchev–Trinajstić information content (AvgIpc) is 2.79. The number of hydrogen-bond acceptors (Lipinski definition) is 7. The van der Waals surface area contributed by atoms with Gasteiger partial charge in [-0.25, -0.2) is 9.59 Å². The molecule has 2 unspecified atom stereocenters. The van der Waals surface area contributed by atoms with Crippen LogP contribution in [-0.2, 0) is 19.1 Å². The molecule has 2 N–H and O–H groups in total. The van der Waals surface area contributed by atoms with Crippen LogP contribution < -0.4 is 0 Å². The molecule has 1 rings (SSSR count). The average molecular weight is 420 g/mol. The largest absolute Gasteiger partial charge is 0.467 e. The fraction of sp³-hybridized carbons (Fsp3) is 0.400. The second kappa shape index (κ2) is 9.43. The summed E-state index contributed by atoms with van der Waals surface area (Å²) in [5.41, 5.74) is 0. The molecule has 0 aliphatic rings. The monoisotopic (exact) mass is 418 g/mol. The number of carbonyl (C=O) groups is 2. The van der Waals surface area contributed by atoms with Gasteiger partial charge >= 0.3 is 11.9 Å². The van der Waals surface area contributed by atoms with Crippen LogP contribution in [0.4, 0.5) is 0 Å². The third-order valence-corrected chi connectivity index (χ3v) is 4.90. The SMILES string of the molecule is Brc1ccsc1Br.COC(=O)C(O)C(O)C(=O)OC. The van der Waals surface area contributed by atoms with Crippen molar-refractivity contribution in [3.8, 4) is 0 Å². The first-order valence-electron chi connectivity index (χ1n) is 4.75. The van der Waals surface area contributed by atoms with Gasteiger partial charge in [-0.15, -0.1) is 11.3 Å². The number of thiophene rings is 1. The summed E-state index contributed by atoms with van der Waals surface area (Å²) in [5.74, 6) is -2.18. The normalized spacial score (nSPS) is 12.7. The first kappa shape index (κ1) is 18.5. The summed E-state index contributed by atoms with van der Waals surface area (Å²) in [6, 6.07) is 2.01. The minimum absolute atomic E-state index is 1.02. The van der Waals surface area contributed by atoms with Gasteiger partial charge < -0.3 is 19.7 Å². The molecule has 0 bridgehead atoms. The first-order valence-corrected chi connectivity index (χ1v) is 7.22. The predicted octanol–water partition coefficient (Wildman–Crippen LogP) is 1.33. The number of aliphatic hydroxyl groups excluding tert-OH is 2. The van der Waals surface area contributed by atoms with E-state index in [1.165, 1.54) is 0 Å². The Kier molecular flexibility index (Phi) is 9.19. The second-order valence-electron chi connectivity index (χ2n) is 2.98. The Balaban J connectivity index is 0.000000388. The highest BCUT2D eigenvalue weighted by Gasteiger charge is 2.31. The molecule has 0 aromatic carbocycles. The number of esters is 2. The fourth-order valence-corrected chi connectivity index (χ4v) is 2.32. The molecule has 0 saturated carbocycles. The number of aliphatic hydroxyl groups is 2. The highest BCUT2D eigenvalue weighted by atomic mass is 79.9. The molecule has 108 valence electrons. The van der Waals surface area contributed by atoms with E-state index in [0.29, 0.717) is 0 Å². The molecule has 0 amide bonds. The van der Waals surface area contributed by atoms with Gasteiger partial charge in [-0.2, -0.15) is 0 Å². The number of hydrogen-bond donors (Lipinski definition) is 2. The van der Waals surface area contributed by atoms with Crippen LogP contribution in [-0.4, -0.2) is 48.6 Å². The van der Waals surface area contributed by atoms with Crippen LogP contribution in [0.15, 0.2) is 19.7 Å². The highest BCUT2D eigenvalue weighted by molar-refractivity contribution is 9.13. The lowest BCUT2D eigenvalue weighted by Crippen LogP contribution is -2.40. The van der Waals surface area contributed by atoms with Gasteiger partial charge in [0.25, 0.3) is 0 Å². The van der Waals surface area contributed by atoms with Crippen LogP contribution in [0.25, 0.3) is 0 Å². The third-order valence-electron chi connectivity index (χ3n) is 1.76. The predicted molar refractivity (Wildman–Crippen MR) is 75.8 cm³/mol. The Morgan fingerprint density at radius 2 is 1.58 bits per heavy atom. The lowest BCUT2D eigenvalue weighted by atomic mass is 10.2. The number of ether oxygens (including phenoxy) is 2. The van der Waals surface area contributed by atoms with E-state index in [-0.39, 0.29) is 0 Å². The van der Waals surface area contributed by atoms with Gasteiger partial charge in [0.1, 0.15) is 0 Å². The topological polar surface area (TPSA) is 93.1 Å². The summed E-state index contributed by atoms with van der Waals surface area (Å²) in [6.07, 6.45) is -3.80. The molecule has 0 aliphatic heterocycles. The minimum atomic E-state index is -1.90. The van der Waals surface area contributed by atoms with Gasteiger partial charge in [-0.1, -0.05) is 0 Å². The molecule has 6 nitrogen and oxygen atoms in total. The highest BCUT2D eigenvalue weighted by Crippen LogP contribution is 2.27. The molecule has 0 radical (unpaired) electrons. The Morgan fingerprint density at radius 3 is 1.74 bits per heavy atom. The summed E-state index contributed by atoms with van der Waals surface area (Å²) in [4.78, 5) is 21.1. The van der Waals surface area contributed by atoms with Gasteiger partial charge in [0.05, 0.1) is 18.0 Å². The number of carbonyl (C=O) groups excluding carboxylic acids is 2. The summed E-state index contributed by atoms with van der Waals surface area (Å²) >= 11 is 8.34. The number of halogens is 2. The van der Waals surface area contributed by atoms with Crippen molar-refractivity contribution in [1.29, 1.82) is 0 Å². The smallest absolute Gasteiger partial charge is 0.338 e. The third kappa shape index (κ3) is 6.48. The molecule has 0 aliphatic carbocycles. The van der Waals surface area contributed by atoms with E-state index < -0.39 is 24.1 Å². The van der Waals surface area contributed by atoms with E-state index in [9.17, 15) is 9.59 Å². The van der Waals surface area contributed by atoms with Crippen LogP contribution in [0.2, 0.25) is 0 Å². The Morgan fingerprint density at radius 1 is 1.16 bits per heavy atom. The van der Waals surface area contributed by atoms with Crippen LogP contribution in [0.5, 0.6) is 0 Å². The van der Waals surface area contributed by atoms with Crippen molar-refractivity contribution >= 4 is 55.1 Å². The molecule has 0 spiro atoms. The number of methoxy groups -OCH3 is 2. The zero-order chi connectivity index (χ0) is 15.0. The molecule has 19 heavy (non-hydrogen) atoms. The molecule has 0 fully saturated rings. The molecule has 9 heteroatoms. The number of rotatable bonds is 3. The standard InChI is InChI=1S/C6H10O6.C4H2Br2S/c1-11-5(9)3(7)4(8)6(10)12-2;5-3-1-2-7-4(3)6/h3-4,7-8H,1-2H3;1-2H. The van der Waals surface area contributed by atoms with E-state index in [2.05, 4.69) is 41.3 Å². The van der Waals surface area contributed by atoms with Gasteiger partial charge in [0.2, 0.25) is 0 Å². The molecule has 2 atom stereocenters. The fourth-order valence-electron chi connectivity index (χ4n) is 0.775. The summed E-state index contributed by atoms with van der Waals surface area (Å²) < 4.78 is 10.4. The molecular formula is C10H12Br2O6S. The maximum atomic E-state index is 10.5. The van der Waals surface area contributed by atoms with Crippen LogP contribution >= 0.6 is 43.2 Å². The van der Waals surface area contributed by atoms with Crippen molar-refractivity contribution in [2.24, 2.45) is 0 Å². The van der Waals surface area contributed by atoms with E-state index in [4.69, 9.17) is 10.2 Å². The lowest BCUT2D eigenvalue weighted by molar-refractivity contribution is -0.169. The van der Waals surface area contributed by atoms with Crippen LogP contribution in [0, 0.1) is 0 Å². The molecular weight excluding hydrogens is 408 g/mol. The van der Waals surface area contributed by atoms with Crippen molar-refractivity contribution in [2.45, 2.75) is 12.2 Å². The first-order chi connectivity index (χ1) is 8.84. The van der Waals surface area contributed by atoms with Gasteiger partial charge in [-0.05, 0) is 43.3 Å². The minimum Gasteiger partial charge on any atom is -0.467 e. The van der Waals surface area contributed by atoms with Crippen LogP contribution in [0.1, 0.15) is 0 Å². The van der Waals surface area contributed by atoms with E-state index in [1.54, 1.807) is 11.3 Å². The summed E-state index contributed by atoms with van der Waals surface area (Å²) in [6.45, 7) is 0. The Labute approximate surface area is 130 Å². The lowest BCUT2D eigenvalue weighted by Gasteiger charge is -2.12. The quantitative estimate of drug-likeness (QED) is 0.718. The molecule has 1 heterocycles. The molecule has 1 aromatic rings. The molecule has 1 aromatic heterocycles. The zero-order valence-corrected chi connectivity index (χ0v) is 14.0. The Hall–Kier alpha value is -0.480. The van der Waals surface area contributed by atoms with Crippen molar-refractivity contribution in [2.75, 3.05) is 14.2 Å². The van der Waals surface area contributed by atoms with Crippen molar-refractivity contribution in [1.82, 2.24) is 0 Å². The second-order valence-corrected chi connectivity index (χ2v) is 6.07. The summed E-state index contributed by atoms with van der Waals surface area (Å²) in [7, 11) is 2.05. The molecule has 0 saturated heterocycles. The van der Waals surface area contributed by atoms with E-state index in [0.717, 1.165) is 22.5 Å². The van der Waals surface area contributed by atoms with Crippen LogP contribution in [0.3, 0.4) is 0 Å². The zero-order valence-electron chi connectivity index (χ0n) is 10.0.